The normalized spacial score (nSPS) is 11.2. The zero-order chi connectivity index (χ0) is 22.1. The number of carbonyl (C=O) groups is 1. The minimum absolute atomic E-state index is 0.107. The SMILES string of the molecule is COc1ccc(Cl)cc1NC(=O)c1sc(NS(=O)(=O)c2ccc(C)cc2C)nc1C. The first-order chi connectivity index (χ1) is 14.1. The quantitative estimate of drug-likeness (QED) is 0.545. The van der Waals surface area contributed by atoms with Gasteiger partial charge in [0.05, 0.1) is 23.4 Å². The van der Waals surface area contributed by atoms with E-state index < -0.39 is 15.9 Å². The molecule has 0 bridgehead atoms. The van der Waals surface area contributed by atoms with Crippen LogP contribution < -0.4 is 14.8 Å². The molecule has 0 aliphatic rings. The van der Waals surface area contributed by atoms with Crippen molar-refractivity contribution in [1.29, 1.82) is 0 Å². The number of nitrogens with zero attached hydrogens (tertiary/aromatic N) is 1. The van der Waals surface area contributed by atoms with Gasteiger partial charge in [-0.3, -0.25) is 9.52 Å². The molecular weight excluding hydrogens is 446 g/mol. The van der Waals surface area contributed by atoms with Crippen molar-refractivity contribution in [2.24, 2.45) is 0 Å². The van der Waals surface area contributed by atoms with Crippen LogP contribution in [-0.4, -0.2) is 26.4 Å². The summed E-state index contributed by atoms with van der Waals surface area (Å²) < 4.78 is 33.2. The fraction of sp³-hybridized carbons (Fsp3) is 0.200. The van der Waals surface area contributed by atoms with E-state index in [2.05, 4.69) is 15.0 Å². The number of anilines is 2. The molecule has 1 aromatic heterocycles. The molecule has 0 radical (unpaired) electrons. The van der Waals surface area contributed by atoms with E-state index in [9.17, 15) is 13.2 Å². The Morgan fingerprint density at radius 3 is 2.53 bits per heavy atom. The van der Waals surface area contributed by atoms with Gasteiger partial charge in [0, 0.05) is 5.02 Å². The first-order valence-electron chi connectivity index (χ1n) is 8.83. The van der Waals surface area contributed by atoms with Crippen LogP contribution in [0.5, 0.6) is 5.75 Å². The number of amides is 1. The number of halogens is 1. The van der Waals surface area contributed by atoms with Gasteiger partial charge in [0.2, 0.25) is 0 Å². The Balaban J connectivity index is 1.85. The Kier molecular flexibility index (Phi) is 6.35. The monoisotopic (exact) mass is 465 g/mol. The van der Waals surface area contributed by atoms with Crippen molar-refractivity contribution in [3.8, 4) is 5.75 Å². The predicted molar refractivity (Wildman–Crippen MR) is 120 cm³/mol. The molecule has 0 unspecified atom stereocenters. The summed E-state index contributed by atoms with van der Waals surface area (Å²) in [6.07, 6.45) is 0. The summed E-state index contributed by atoms with van der Waals surface area (Å²) in [4.78, 5) is 17.4. The molecule has 0 saturated heterocycles. The Bertz CT molecular complexity index is 1220. The van der Waals surface area contributed by atoms with Crippen molar-refractivity contribution in [2.45, 2.75) is 25.7 Å². The van der Waals surface area contributed by atoms with Crippen molar-refractivity contribution >= 4 is 49.7 Å². The Morgan fingerprint density at radius 1 is 1.13 bits per heavy atom. The van der Waals surface area contributed by atoms with Gasteiger partial charge < -0.3 is 10.1 Å². The molecule has 0 fully saturated rings. The Morgan fingerprint density at radius 2 is 1.87 bits per heavy atom. The fourth-order valence-corrected chi connectivity index (χ4v) is 5.37. The lowest BCUT2D eigenvalue weighted by molar-refractivity contribution is 0.102. The molecule has 1 heterocycles. The molecule has 158 valence electrons. The van der Waals surface area contributed by atoms with Crippen LogP contribution in [0.15, 0.2) is 41.3 Å². The second kappa shape index (κ2) is 8.63. The van der Waals surface area contributed by atoms with Gasteiger partial charge in [0.25, 0.3) is 15.9 Å². The Hall–Kier alpha value is -2.62. The largest absolute Gasteiger partial charge is 0.495 e. The van der Waals surface area contributed by atoms with Gasteiger partial charge in [-0.15, -0.1) is 0 Å². The summed E-state index contributed by atoms with van der Waals surface area (Å²) in [6.45, 7) is 5.25. The zero-order valence-corrected chi connectivity index (χ0v) is 19.1. The summed E-state index contributed by atoms with van der Waals surface area (Å²) in [5.74, 6) is 0.00761. The van der Waals surface area contributed by atoms with Crippen LogP contribution in [0.3, 0.4) is 0 Å². The van der Waals surface area contributed by atoms with Crippen LogP contribution in [-0.2, 0) is 10.0 Å². The first-order valence-corrected chi connectivity index (χ1v) is 11.5. The summed E-state index contributed by atoms with van der Waals surface area (Å²) >= 11 is 6.95. The van der Waals surface area contributed by atoms with E-state index >= 15 is 0 Å². The summed E-state index contributed by atoms with van der Waals surface area (Å²) in [6, 6.07) is 9.92. The highest BCUT2D eigenvalue weighted by atomic mass is 35.5. The lowest BCUT2D eigenvalue weighted by atomic mass is 10.2. The molecule has 0 saturated carbocycles. The standard InChI is InChI=1S/C20H20ClN3O4S2/c1-11-5-8-17(12(2)9-11)30(26,27)24-20-22-13(3)18(29-20)19(25)23-15-10-14(21)6-7-16(15)28-4/h5-10H,1-4H3,(H,22,24)(H,23,25). The van der Waals surface area contributed by atoms with E-state index in [1.165, 1.54) is 7.11 Å². The average molecular weight is 466 g/mol. The molecule has 7 nitrogen and oxygen atoms in total. The van der Waals surface area contributed by atoms with Gasteiger partial charge in [0.1, 0.15) is 10.6 Å². The molecule has 2 aromatic carbocycles. The fourth-order valence-electron chi connectivity index (χ4n) is 2.88. The maximum absolute atomic E-state index is 12.8. The summed E-state index contributed by atoms with van der Waals surface area (Å²) in [5, 5.41) is 3.27. The number of aryl methyl sites for hydroxylation is 3. The smallest absolute Gasteiger partial charge is 0.267 e. The number of nitrogens with one attached hydrogen (secondary N) is 2. The average Bonchev–Trinajstić information content (AvgIpc) is 3.01. The number of hydrogen-bond donors (Lipinski definition) is 2. The van der Waals surface area contributed by atoms with Gasteiger partial charge >= 0.3 is 0 Å². The van der Waals surface area contributed by atoms with Crippen molar-refractivity contribution in [1.82, 2.24) is 4.98 Å². The third kappa shape index (κ3) is 4.75. The van der Waals surface area contributed by atoms with Gasteiger partial charge in [0.15, 0.2) is 5.13 Å². The number of rotatable bonds is 6. The maximum Gasteiger partial charge on any atom is 0.267 e. The molecular formula is C20H20ClN3O4S2. The van der Waals surface area contributed by atoms with Crippen LogP contribution >= 0.6 is 22.9 Å². The highest BCUT2D eigenvalue weighted by Crippen LogP contribution is 2.31. The van der Waals surface area contributed by atoms with Gasteiger partial charge in [-0.25, -0.2) is 13.4 Å². The Labute approximate surface area is 184 Å². The van der Waals surface area contributed by atoms with Crippen LogP contribution in [0.2, 0.25) is 5.02 Å². The van der Waals surface area contributed by atoms with Crippen molar-refractivity contribution in [3.63, 3.8) is 0 Å². The van der Waals surface area contributed by atoms with Gasteiger partial charge in [-0.2, -0.15) is 0 Å². The second-order valence-electron chi connectivity index (χ2n) is 6.61. The maximum atomic E-state index is 12.8. The summed E-state index contributed by atoms with van der Waals surface area (Å²) in [7, 11) is -2.35. The van der Waals surface area contributed by atoms with E-state index in [4.69, 9.17) is 16.3 Å². The van der Waals surface area contributed by atoms with E-state index in [1.807, 2.05) is 6.92 Å². The molecule has 2 N–H and O–H groups in total. The van der Waals surface area contributed by atoms with Crippen LogP contribution in [0.4, 0.5) is 10.8 Å². The first kappa shape index (κ1) is 22.1. The lowest BCUT2D eigenvalue weighted by Gasteiger charge is -2.10. The lowest BCUT2D eigenvalue weighted by Crippen LogP contribution is -2.14. The highest BCUT2D eigenvalue weighted by Gasteiger charge is 2.22. The van der Waals surface area contributed by atoms with Crippen LogP contribution in [0, 0.1) is 20.8 Å². The second-order valence-corrected chi connectivity index (χ2v) is 9.69. The van der Waals surface area contributed by atoms with E-state index in [0.29, 0.717) is 27.7 Å². The third-order valence-corrected chi connectivity index (χ3v) is 7.19. The molecule has 30 heavy (non-hydrogen) atoms. The minimum atomic E-state index is -3.84. The number of ether oxygens (including phenoxy) is 1. The summed E-state index contributed by atoms with van der Waals surface area (Å²) in [5.41, 5.74) is 2.39. The van der Waals surface area contributed by atoms with Crippen molar-refractivity contribution < 1.29 is 17.9 Å². The van der Waals surface area contributed by atoms with Crippen molar-refractivity contribution in [2.75, 3.05) is 17.1 Å². The molecule has 0 spiro atoms. The van der Waals surface area contributed by atoms with E-state index in [0.717, 1.165) is 16.9 Å². The number of benzene rings is 2. The number of methoxy groups -OCH3 is 1. The zero-order valence-electron chi connectivity index (χ0n) is 16.7. The topological polar surface area (TPSA) is 97.4 Å². The van der Waals surface area contributed by atoms with E-state index in [-0.39, 0.29) is 14.9 Å². The number of thiazole rings is 1. The predicted octanol–water partition coefficient (Wildman–Crippen LogP) is 4.78. The van der Waals surface area contributed by atoms with Crippen LogP contribution in [0.25, 0.3) is 0 Å². The molecule has 1 amide bonds. The number of aromatic nitrogens is 1. The molecule has 0 aliphatic carbocycles. The van der Waals surface area contributed by atoms with Gasteiger partial charge in [-0.05, 0) is 50.6 Å². The highest BCUT2D eigenvalue weighted by molar-refractivity contribution is 7.93. The van der Waals surface area contributed by atoms with Crippen molar-refractivity contribution in [3.05, 3.63) is 63.1 Å². The third-order valence-electron chi connectivity index (χ3n) is 4.25. The molecule has 0 atom stereocenters. The minimum Gasteiger partial charge on any atom is -0.495 e. The number of hydrogen-bond acceptors (Lipinski definition) is 6. The molecule has 0 aliphatic heterocycles. The van der Waals surface area contributed by atoms with E-state index in [1.54, 1.807) is 50.2 Å². The molecule has 10 heteroatoms. The number of sulfonamides is 1. The van der Waals surface area contributed by atoms with Crippen LogP contribution in [0.1, 0.15) is 26.5 Å². The molecule has 3 aromatic rings. The number of carbonyl (C=O) groups excluding carboxylic acids is 1. The molecule has 3 rings (SSSR count). The van der Waals surface area contributed by atoms with Gasteiger partial charge in [-0.1, -0.05) is 40.6 Å².